The van der Waals surface area contributed by atoms with E-state index in [1.807, 2.05) is 0 Å². The molecule has 0 aromatic heterocycles. The first-order valence-electron chi connectivity index (χ1n) is 6.53. The Morgan fingerprint density at radius 2 is 1.11 bits per heavy atom. The van der Waals surface area contributed by atoms with E-state index in [1.54, 1.807) is 0 Å². The standard InChI is InChI=1S/C16H18PSe2/c18-17(19,13-11-15-7-3-1-4-8-15)14-12-16-9-5-2-6-10-16/h1-10H,11-14H2. The molecule has 0 aliphatic heterocycles. The zero-order chi connectivity index (χ0) is 13.6. The van der Waals surface area contributed by atoms with Crippen molar-refractivity contribution in [2.45, 2.75) is 12.8 Å². The van der Waals surface area contributed by atoms with E-state index >= 15 is 0 Å². The average molecular weight is 399 g/mol. The maximum absolute atomic E-state index is 3.45. The van der Waals surface area contributed by atoms with Crippen LogP contribution in [-0.4, -0.2) is 43.5 Å². The quantitative estimate of drug-likeness (QED) is 0.514. The first-order chi connectivity index (χ1) is 9.16. The summed E-state index contributed by atoms with van der Waals surface area (Å²) in [5.41, 5.74) is 2.88. The van der Waals surface area contributed by atoms with Crippen molar-refractivity contribution >= 4 is 35.8 Å². The number of aryl methyl sites for hydroxylation is 2. The molecule has 0 aliphatic carbocycles. The molecule has 99 valence electrons. The van der Waals surface area contributed by atoms with Crippen LogP contribution in [0.5, 0.6) is 0 Å². The van der Waals surface area contributed by atoms with Gasteiger partial charge in [0.1, 0.15) is 0 Å². The molecule has 0 fully saturated rings. The molecule has 2 aromatic rings. The van der Waals surface area contributed by atoms with Gasteiger partial charge in [-0.05, 0) is 0 Å². The first-order valence-corrected chi connectivity index (χ1v) is 13.1. The molecule has 0 saturated carbocycles. The number of benzene rings is 2. The summed E-state index contributed by atoms with van der Waals surface area (Å²) in [5.74, 6) is 0. The van der Waals surface area contributed by atoms with Crippen molar-refractivity contribution in [3.05, 3.63) is 71.8 Å². The van der Waals surface area contributed by atoms with Crippen molar-refractivity contribution < 1.29 is 0 Å². The van der Waals surface area contributed by atoms with E-state index in [1.165, 1.54) is 36.3 Å². The average Bonchev–Trinajstić information content (AvgIpc) is 2.46. The van der Waals surface area contributed by atoms with Crippen LogP contribution in [0.4, 0.5) is 0 Å². The summed E-state index contributed by atoms with van der Waals surface area (Å²) in [6.45, 7) is 0. The Morgan fingerprint density at radius 1 is 0.737 bits per heavy atom. The molecule has 3 heteroatoms. The van der Waals surface area contributed by atoms with E-state index in [0.717, 1.165) is 0 Å². The Kier molecular flexibility index (Phi) is 6.14. The van der Waals surface area contributed by atoms with Gasteiger partial charge in [0.2, 0.25) is 0 Å². The number of rotatable bonds is 6. The molecule has 0 aliphatic rings. The Morgan fingerprint density at radius 3 is 1.47 bits per heavy atom. The molecule has 2 aromatic carbocycles. The number of hydrogen-bond acceptors (Lipinski definition) is 0. The van der Waals surface area contributed by atoms with Crippen molar-refractivity contribution in [1.82, 2.24) is 0 Å². The molecule has 19 heavy (non-hydrogen) atoms. The van der Waals surface area contributed by atoms with Gasteiger partial charge in [-0.15, -0.1) is 0 Å². The van der Waals surface area contributed by atoms with Gasteiger partial charge in [0.05, 0.1) is 0 Å². The minimum absolute atomic E-state index is 1.02. The van der Waals surface area contributed by atoms with Crippen LogP contribution in [0.25, 0.3) is 0 Å². The van der Waals surface area contributed by atoms with Gasteiger partial charge in [-0.3, -0.25) is 0 Å². The van der Waals surface area contributed by atoms with E-state index in [9.17, 15) is 0 Å². The van der Waals surface area contributed by atoms with Crippen LogP contribution < -0.4 is 0 Å². The molecule has 0 amide bonds. The Labute approximate surface area is 132 Å². The van der Waals surface area contributed by atoms with Crippen molar-refractivity contribution in [3.8, 4) is 0 Å². The van der Waals surface area contributed by atoms with E-state index in [2.05, 4.69) is 91.8 Å². The van der Waals surface area contributed by atoms with E-state index in [0.29, 0.717) is 0 Å². The van der Waals surface area contributed by atoms with Crippen LogP contribution in [-0.2, 0) is 12.8 Å². The van der Waals surface area contributed by atoms with Gasteiger partial charge in [0.25, 0.3) is 0 Å². The fraction of sp³-hybridized carbons (Fsp3) is 0.250. The fourth-order valence-corrected chi connectivity index (χ4v) is 5.72. The Balaban J connectivity index is 1.82. The summed E-state index contributed by atoms with van der Waals surface area (Å²) < 4.78 is -1.02. The molecule has 0 atom stereocenters. The van der Waals surface area contributed by atoms with Crippen molar-refractivity contribution in [2.24, 2.45) is 0 Å². The van der Waals surface area contributed by atoms with Gasteiger partial charge in [-0.25, -0.2) is 0 Å². The van der Waals surface area contributed by atoms with Gasteiger partial charge >= 0.3 is 133 Å². The summed E-state index contributed by atoms with van der Waals surface area (Å²) in [6.07, 6.45) is 4.85. The van der Waals surface area contributed by atoms with Crippen LogP contribution in [0.1, 0.15) is 11.1 Å². The second-order valence-corrected chi connectivity index (χ2v) is 19.6. The van der Waals surface area contributed by atoms with Crippen LogP contribution in [0.3, 0.4) is 0 Å². The minimum atomic E-state index is -1.02. The van der Waals surface area contributed by atoms with Crippen molar-refractivity contribution in [2.75, 3.05) is 12.3 Å². The third kappa shape index (κ3) is 5.82. The summed E-state index contributed by atoms with van der Waals surface area (Å²) in [4.78, 5) is 0. The first kappa shape index (κ1) is 15.3. The van der Waals surface area contributed by atoms with Crippen LogP contribution in [0.2, 0.25) is 0 Å². The molecule has 0 unspecified atom stereocenters. The molecular formula is C16H18PSe2. The summed E-state index contributed by atoms with van der Waals surface area (Å²) >= 11 is 6.90. The Bertz CT molecular complexity index is 437. The second kappa shape index (κ2) is 7.63. The SMILES string of the molecule is [Se][P+]([Se-])(CCc1ccccc1)CCc1ccccc1. The maximum atomic E-state index is 3.45. The predicted molar refractivity (Wildman–Crippen MR) is 88.5 cm³/mol. The van der Waals surface area contributed by atoms with Gasteiger partial charge < -0.3 is 0 Å². The van der Waals surface area contributed by atoms with Gasteiger partial charge in [-0.1, -0.05) is 0 Å². The van der Waals surface area contributed by atoms with Gasteiger partial charge in [-0.2, -0.15) is 0 Å². The van der Waals surface area contributed by atoms with Crippen LogP contribution in [0, 0.1) is 0 Å². The van der Waals surface area contributed by atoms with Crippen LogP contribution in [0.15, 0.2) is 60.7 Å². The monoisotopic (exact) mass is 401 g/mol. The number of hydrogen-bond donors (Lipinski definition) is 0. The zero-order valence-corrected chi connectivity index (χ0v) is 15.2. The summed E-state index contributed by atoms with van der Waals surface area (Å²) in [6, 6.07) is 21.5. The fourth-order valence-electron chi connectivity index (χ4n) is 2.00. The molecule has 0 heterocycles. The topological polar surface area (TPSA) is 0 Å². The third-order valence-electron chi connectivity index (χ3n) is 3.17. The Hall–Kier alpha value is -0.0910. The van der Waals surface area contributed by atoms with E-state index < -0.39 is 4.64 Å². The molecule has 0 bridgehead atoms. The molecular weight excluding hydrogens is 381 g/mol. The molecule has 1 radical (unpaired) electrons. The van der Waals surface area contributed by atoms with Gasteiger partial charge in [0.15, 0.2) is 0 Å². The molecule has 0 saturated heterocycles. The molecule has 0 N–H and O–H groups in total. The van der Waals surface area contributed by atoms with Crippen molar-refractivity contribution in [1.29, 1.82) is 0 Å². The third-order valence-corrected chi connectivity index (χ3v) is 9.57. The molecule has 0 spiro atoms. The normalized spacial score (nSPS) is 11.5. The van der Waals surface area contributed by atoms with Gasteiger partial charge in [0, 0.05) is 0 Å². The van der Waals surface area contributed by atoms with E-state index in [4.69, 9.17) is 0 Å². The van der Waals surface area contributed by atoms with Crippen LogP contribution >= 0.6 is 4.64 Å². The van der Waals surface area contributed by atoms with Crippen molar-refractivity contribution in [3.63, 3.8) is 0 Å². The molecule has 2 rings (SSSR count). The zero-order valence-electron chi connectivity index (χ0n) is 10.9. The molecule has 0 nitrogen and oxygen atoms in total. The summed E-state index contributed by atoms with van der Waals surface area (Å²) in [7, 11) is 0. The predicted octanol–water partition coefficient (Wildman–Crippen LogP) is 3.66. The second-order valence-electron chi connectivity index (χ2n) is 4.73. The van der Waals surface area contributed by atoms with E-state index in [-0.39, 0.29) is 0 Å². The summed E-state index contributed by atoms with van der Waals surface area (Å²) in [5, 5.41) is 0.